The molecule has 2 N–H and O–H groups in total. The summed E-state index contributed by atoms with van der Waals surface area (Å²) in [7, 11) is 4.34. The van der Waals surface area contributed by atoms with E-state index in [2.05, 4.69) is 81.9 Å². The van der Waals surface area contributed by atoms with Crippen molar-refractivity contribution in [3.63, 3.8) is 0 Å². The van der Waals surface area contributed by atoms with Crippen LogP contribution in [0.15, 0.2) is 42.5 Å². The molecule has 1 aliphatic heterocycles. The van der Waals surface area contributed by atoms with Gasteiger partial charge in [0.1, 0.15) is 5.82 Å². The molecule has 0 bridgehead atoms. The highest BCUT2D eigenvalue weighted by molar-refractivity contribution is 5.55. The summed E-state index contributed by atoms with van der Waals surface area (Å²) in [5, 5.41) is 11.1. The molecule has 7 heteroatoms. The molecule has 1 saturated heterocycles. The predicted octanol–water partition coefficient (Wildman–Crippen LogP) is 3.66. The number of piperidine rings is 1. The van der Waals surface area contributed by atoms with Crippen LogP contribution in [0.4, 0.5) is 17.6 Å². The maximum atomic E-state index is 4.97. The number of benzene rings is 1. The molecule has 0 unspecified atom stereocenters. The zero-order valence-corrected chi connectivity index (χ0v) is 18.8. The van der Waals surface area contributed by atoms with Crippen LogP contribution in [-0.4, -0.2) is 58.8 Å². The molecule has 3 aromatic rings. The molecule has 7 nitrogen and oxygen atoms in total. The van der Waals surface area contributed by atoms with E-state index in [1.807, 2.05) is 0 Å². The third kappa shape index (κ3) is 4.09. The van der Waals surface area contributed by atoms with Gasteiger partial charge in [-0.2, -0.15) is 10.1 Å². The van der Waals surface area contributed by atoms with Crippen molar-refractivity contribution in [2.75, 3.05) is 43.9 Å². The van der Waals surface area contributed by atoms with Gasteiger partial charge in [-0.05, 0) is 50.3 Å². The maximum absolute atomic E-state index is 4.97. The highest BCUT2D eigenvalue weighted by Crippen LogP contribution is 2.52. The minimum atomic E-state index is 0.652. The van der Waals surface area contributed by atoms with E-state index in [9.17, 15) is 0 Å². The number of aromatic nitrogens is 4. The van der Waals surface area contributed by atoms with E-state index in [-0.39, 0.29) is 0 Å². The molecule has 3 fully saturated rings. The first-order valence-corrected chi connectivity index (χ1v) is 11.8. The van der Waals surface area contributed by atoms with Crippen molar-refractivity contribution < 1.29 is 0 Å². The minimum Gasteiger partial charge on any atom is -0.340 e. The third-order valence-corrected chi connectivity index (χ3v) is 7.10. The average molecular weight is 430 g/mol. The molecule has 0 radical (unpaired) electrons. The Kier molecular flexibility index (Phi) is 4.86. The fourth-order valence-corrected chi connectivity index (χ4v) is 5.23. The number of fused-ring (bicyclic) bond motifs is 1. The fraction of sp³-hybridized carbons (Fsp3) is 0.480. The molecule has 0 amide bonds. The highest BCUT2D eigenvalue weighted by Gasteiger charge is 2.55. The van der Waals surface area contributed by atoms with E-state index in [4.69, 9.17) is 9.97 Å². The summed E-state index contributed by atoms with van der Waals surface area (Å²) >= 11 is 0. The minimum absolute atomic E-state index is 0.652. The molecule has 3 aliphatic rings. The number of aromatic amines is 1. The Morgan fingerprint density at radius 3 is 2.53 bits per heavy atom. The highest BCUT2D eigenvalue weighted by atomic mass is 15.3. The van der Waals surface area contributed by atoms with Crippen LogP contribution < -0.4 is 10.2 Å². The topological polar surface area (TPSA) is 73.0 Å². The van der Waals surface area contributed by atoms with E-state index in [0.717, 1.165) is 60.5 Å². The van der Waals surface area contributed by atoms with E-state index in [0.29, 0.717) is 5.92 Å². The van der Waals surface area contributed by atoms with Crippen LogP contribution in [0.2, 0.25) is 0 Å². The summed E-state index contributed by atoms with van der Waals surface area (Å²) < 4.78 is 0. The van der Waals surface area contributed by atoms with Crippen LogP contribution in [0.1, 0.15) is 35.7 Å². The Morgan fingerprint density at radius 2 is 1.81 bits per heavy atom. The Morgan fingerprint density at radius 1 is 1.03 bits per heavy atom. The van der Waals surface area contributed by atoms with Crippen molar-refractivity contribution >= 4 is 17.6 Å². The average Bonchev–Trinajstić information content (AvgIpc) is 3.61. The molecule has 3 heterocycles. The van der Waals surface area contributed by atoms with E-state index >= 15 is 0 Å². The lowest BCUT2D eigenvalue weighted by Gasteiger charge is -2.22. The van der Waals surface area contributed by atoms with Crippen LogP contribution in [0, 0.1) is 17.8 Å². The number of nitrogens with zero attached hydrogens (tertiary/aromatic N) is 5. The lowest BCUT2D eigenvalue weighted by molar-refractivity contribution is 0.366. The Balaban J connectivity index is 1.23. The van der Waals surface area contributed by atoms with Gasteiger partial charge in [0.2, 0.25) is 5.95 Å². The van der Waals surface area contributed by atoms with Crippen LogP contribution >= 0.6 is 0 Å². The third-order valence-electron chi connectivity index (χ3n) is 7.10. The molecular weight excluding hydrogens is 398 g/mol. The molecule has 32 heavy (non-hydrogen) atoms. The quantitative estimate of drug-likeness (QED) is 0.569. The zero-order valence-electron chi connectivity index (χ0n) is 18.8. The number of hydrogen-bond donors (Lipinski definition) is 2. The van der Waals surface area contributed by atoms with Gasteiger partial charge in [-0.25, -0.2) is 4.98 Å². The van der Waals surface area contributed by atoms with Crippen molar-refractivity contribution in [3.05, 3.63) is 59.4 Å². The number of hydrogen-bond acceptors (Lipinski definition) is 6. The molecular formula is C25H31N7. The van der Waals surface area contributed by atoms with Crippen molar-refractivity contribution in [2.24, 2.45) is 17.8 Å². The van der Waals surface area contributed by atoms with Crippen molar-refractivity contribution in [1.29, 1.82) is 0 Å². The van der Waals surface area contributed by atoms with Gasteiger partial charge in [0, 0.05) is 49.8 Å². The van der Waals surface area contributed by atoms with E-state index in [1.54, 1.807) is 0 Å². The molecule has 166 valence electrons. The monoisotopic (exact) mass is 429 g/mol. The maximum Gasteiger partial charge on any atom is 0.227 e. The van der Waals surface area contributed by atoms with Gasteiger partial charge >= 0.3 is 0 Å². The molecule has 2 saturated carbocycles. The first-order chi connectivity index (χ1) is 15.6. The van der Waals surface area contributed by atoms with Gasteiger partial charge < -0.3 is 15.1 Å². The fourth-order valence-electron chi connectivity index (χ4n) is 5.23. The molecule has 0 spiro atoms. The second-order valence-electron chi connectivity index (χ2n) is 9.97. The number of H-pyrrole nitrogens is 1. The zero-order chi connectivity index (χ0) is 21.7. The van der Waals surface area contributed by atoms with Crippen molar-refractivity contribution in [2.45, 2.75) is 25.2 Å². The summed E-state index contributed by atoms with van der Waals surface area (Å²) in [6, 6.07) is 14.7. The standard InChI is InChI=1S/C25H31N7/c1-31(2)13-19-20-14-32(15-21(19)20)25-26-18(10-16-6-4-3-5-7-16)11-23(28-25)27-24-12-22(29-30-24)17-8-9-17/h3-7,11-12,17,19-21H,8-10,13-15H2,1-2H3,(H2,26,27,28,29,30)/t19-,20-,21+. The Bertz CT molecular complexity index is 1080. The summed E-state index contributed by atoms with van der Waals surface area (Å²) in [4.78, 5) is 14.6. The molecule has 1 aromatic carbocycles. The Hall–Kier alpha value is -2.93. The molecule has 2 aliphatic carbocycles. The summed E-state index contributed by atoms with van der Waals surface area (Å²) in [6.45, 7) is 3.31. The number of anilines is 3. The summed E-state index contributed by atoms with van der Waals surface area (Å²) in [5.74, 6) is 5.54. The first kappa shape index (κ1) is 19.7. The lowest BCUT2D eigenvalue weighted by Crippen LogP contribution is -2.29. The van der Waals surface area contributed by atoms with Gasteiger partial charge in [-0.1, -0.05) is 30.3 Å². The molecule has 3 atom stereocenters. The van der Waals surface area contributed by atoms with Crippen LogP contribution in [0.25, 0.3) is 0 Å². The van der Waals surface area contributed by atoms with Gasteiger partial charge in [-0.15, -0.1) is 0 Å². The second-order valence-corrected chi connectivity index (χ2v) is 9.97. The summed E-state index contributed by atoms with van der Waals surface area (Å²) in [5.41, 5.74) is 3.51. The van der Waals surface area contributed by atoms with E-state index < -0.39 is 0 Å². The SMILES string of the molecule is CN(C)C[C@@H]1[C@H]2CN(c3nc(Cc4ccccc4)cc(Nc4cc(C5CC5)[nH]n4)n3)C[C@@H]12. The summed E-state index contributed by atoms with van der Waals surface area (Å²) in [6.07, 6.45) is 3.31. The van der Waals surface area contributed by atoms with E-state index in [1.165, 1.54) is 30.6 Å². The number of nitrogens with one attached hydrogen (secondary N) is 2. The Labute approximate surface area is 189 Å². The number of rotatable bonds is 8. The van der Waals surface area contributed by atoms with Crippen LogP contribution in [0.5, 0.6) is 0 Å². The second kappa shape index (κ2) is 7.89. The van der Waals surface area contributed by atoms with Gasteiger partial charge in [0.25, 0.3) is 0 Å². The van der Waals surface area contributed by atoms with Gasteiger partial charge in [0.05, 0.1) is 5.69 Å². The van der Waals surface area contributed by atoms with Crippen molar-refractivity contribution in [1.82, 2.24) is 25.1 Å². The van der Waals surface area contributed by atoms with Crippen LogP contribution in [-0.2, 0) is 6.42 Å². The van der Waals surface area contributed by atoms with Gasteiger partial charge in [-0.3, -0.25) is 5.10 Å². The first-order valence-electron chi connectivity index (χ1n) is 11.8. The predicted molar refractivity (Wildman–Crippen MR) is 126 cm³/mol. The lowest BCUT2D eigenvalue weighted by atomic mass is 10.1. The largest absolute Gasteiger partial charge is 0.340 e. The molecule has 2 aromatic heterocycles. The van der Waals surface area contributed by atoms with Crippen molar-refractivity contribution in [3.8, 4) is 0 Å². The smallest absolute Gasteiger partial charge is 0.227 e. The normalized spacial score (nSPS) is 24.1. The van der Waals surface area contributed by atoms with Crippen LogP contribution in [0.3, 0.4) is 0 Å². The molecule has 6 rings (SSSR count). The van der Waals surface area contributed by atoms with Gasteiger partial charge in [0.15, 0.2) is 5.82 Å².